The SMILES string of the molecule is N#CC1(NC(=O)Cc2ccc(F)cc2F)CCCCCC1. The summed E-state index contributed by atoms with van der Waals surface area (Å²) in [6, 6.07) is 5.35. The van der Waals surface area contributed by atoms with Crippen molar-refractivity contribution in [1.82, 2.24) is 5.32 Å². The van der Waals surface area contributed by atoms with Crippen LogP contribution < -0.4 is 5.32 Å². The van der Waals surface area contributed by atoms with Gasteiger partial charge in [0.15, 0.2) is 0 Å². The lowest BCUT2D eigenvalue weighted by Crippen LogP contribution is -2.47. The van der Waals surface area contributed by atoms with Crippen LogP contribution in [0.5, 0.6) is 0 Å². The molecule has 3 nitrogen and oxygen atoms in total. The van der Waals surface area contributed by atoms with Crippen molar-refractivity contribution in [3.8, 4) is 6.07 Å². The molecule has 1 aromatic rings. The number of nitrogens with one attached hydrogen (secondary N) is 1. The van der Waals surface area contributed by atoms with Crippen molar-refractivity contribution in [2.24, 2.45) is 0 Å². The molecular formula is C16H18F2N2O. The number of hydrogen-bond donors (Lipinski definition) is 1. The van der Waals surface area contributed by atoms with E-state index >= 15 is 0 Å². The molecule has 1 aromatic carbocycles. The van der Waals surface area contributed by atoms with Gasteiger partial charge in [-0.25, -0.2) is 8.78 Å². The smallest absolute Gasteiger partial charge is 0.225 e. The van der Waals surface area contributed by atoms with E-state index in [1.54, 1.807) is 0 Å². The van der Waals surface area contributed by atoms with Gasteiger partial charge in [-0.3, -0.25) is 4.79 Å². The summed E-state index contributed by atoms with van der Waals surface area (Å²) < 4.78 is 26.4. The van der Waals surface area contributed by atoms with Gasteiger partial charge in [-0.05, 0) is 24.5 Å². The number of benzene rings is 1. The van der Waals surface area contributed by atoms with Crippen LogP contribution in [0, 0.1) is 23.0 Å². The molecule has 112 valence electrons. The molecule has 0 unspecified atom stereocenters. The van der Waals surface area contributed by atoms with Crippen molar-refractivity contribution in [3.63, 3.8) is 0 Å². The average molecular weight is 292 g/mol. The zero-order valence-electron chi connectivity index (χ0n) is 11.8. The van der Waals surface area contributed by atoms with E-state index in [1.165, 1.54) is 6.07 Å². The molecule has 1 saturated carbocycles. The molecule has 0 saturated heterocycles. The molecule has 0 aromatic heterocycles. The maximum Gasteiger partial charge on any atom is 0.225 e. The predicted molar refractivity (Wildman–Crippen MR) is 74.3 cm³/mol. The van der Waals surface area contributed by atoms with Gasteiger partial charge in [0.2, 0.25) is 5.91 Å². The average Bonchev–Trinajstić information content (AvgIpc) is 2.68. The highest BCUT2D eigenvalue weighted by Crippen LogP contribution is 2.26. The number of hydrogen-bond acceptors (Lipinski definition) is 2. The molecule has 1 aliphatic rings. The third-order valence-electron chi connectivity index (χ3n) is 3.92. The molecule has 21 heavy (non-hydrogen) atoms. The van der Waals surface area contributed by atoms with Crippen LogP contribution in [0.25, 0.3) is 0 Å². The van der Waals surface area contributed by atoms with Crippen molar-refractivity contribution < 1.29 is 13.6 Å². The van der Waals surface area contributed by atoms with Crippen molar-refractivity contribution in [2.75, 3.05) is 0 Å². The van der Waals surface area contributed by atoms with E-state index in [1.807, 2.05) is 0 Å². The van der Waals surface area contributed by atoms with Gasteiger partial charge in [0.05, 0.1) is 12.5 Å². The lowest BCUT2D eigenvalue weighted by atomic mass is 9.91. The first-order valence-corrected chi connectivity index (χ1v) is 7.21. The maximum atomic E-state index is 13.5. The Hall–Kier alpha value is -1.96. The predicted octanol–water partition coefficient (Wildman–Crippen LogP) is 3.24. The number of carbonyl (C=O) groups excluding carboxylic acids is 1. The molecule has 1 N–H and O–H groups in total. The minimum absolute atomic E-state index is 0.135. The minimum Gasteiger partial charge on any atom is -0.338 e. The summed E-state index contributed by atoms with van der Waals surface area (Å²) in [4.78, 5) is 12.1. The second kappa shape index (κ2) is 6.66. The van der Waals surface area contributed by atoms with Gasteiger partial charge in [0, 0.05) is 6.07 Å². The molecule has 0 spiro atoms. The van der Waals surface area contributed by atoms with Crippen LogP contribution >= 0.6 is 0 Å². The van der Waals surface area contributed by atoms with E-state index in [4.69, 9.17) is 0 Å². The van der Waals surface area contributed by atoms with Gasteiger partial charge in [-0.15, -0.1) is 0 Å². The summed E-state index contributed by atoms with van der Waals surface area (Å²) in [6.45, 7) is 0. The van der Waals surface area contributed by atoms with Gasteiger partial charge in [-0.1, -0.05) is 31.7 Å². The maximum absolute atomic E-state index is 13.5. The summed E-state index contributed by atoms with van der Waals surface area (Å²) in [6.07, 6.45) is 4.99. The highest BCUT2D eigenvalue weighted by molar-refractivity contribution is 5.79. The Labute approximate surface area is 123 Å². The van der Waals surface area contributed by atoms with Crippen molar-refractivity contribution in [3.05, 3.63) is 35.4 Å². The lowest BCUT2D eigenvalue weighted by Gasteiger charge is -2.26. The van der Waals surface area contributed by atoms with Crippen molar-refractivity contribution in [1.29, 1.82) is 5.26 Å². The van der Waals surface area contributed by atoms with Crippen LogP contribution in [0.15, 0.2) is 18.2 Å². The van der Waals surface area contributed by atoms with E-state index in [0.29, 0.717) is 12.8 Å². The van der Waals surface area contributed by atoms with E-state index in [9.17, 15) is 18.8 Å². The first kappa shape index (κ1) is 15.4. The molecule has 1 fully saturated rings. The first-order chi connectivity index (χ1) is 10.0. The molecule has 0 bridgehead atoms. The molecule has 1 aliphatic carbocycles. The number of nitriles is 1. The fourth-order valence-electron chi connectivity index (χ4n) is 2.75. The van der Waals surface area contributed by atoms with E-state index in [-0.39, 0.29) is 12.0 Å². The van der Waals surface area contributed by atoms with E-state index in [0.717, 1.165) is 37.8 Å². The van der Waals surface area contributed by atoms with E-state index < -0.39 is 23.1 Å². The van der Waals surface area contributed by atoms with Crippen LogP contribution in [0.3, 0.4) is 0 Å². The third-order valence-corrected chi connectivity index (χ3v) is 3.92. The normalized spacial score (nSPS) is 17.6. The quantitative estimate of drug-likeness (QED) is 0.869. The Morgan fingerprint density at radius 2 is 1.90 bits per heavy atom. The highest BCUT2D eigenvalue weighted by atomic mass is 19.1. The zero-order valence-corrected chi connectivity index (χ0v) is 11.8. The second-order valence-corrected chi connectivity index (χ2v) is 5.57. The van der Waals surface area contributed by atoms with Gasteiger partial charge in [0.1, 0.15) is 17.2 Å². The molecule has 0 atom stereocenters. The lowest BCUT2D eigenvalue weighted by molar-refractivity contribution is -0.122. The van der Waals surface area contributed by atoms with Crippen LogP contribution in [0.1, 0.15) is 44.1 Å². The van der Waals surface area contributed by atoms with Gasteiger partial charge >= 0.3 is 0 Å². The molecule has 1 amide bonds. The number of nitrogens with zero attached hydrogens (tertiary/aromatic N) is 1. The Balaban J connectivity index is 2.04. The first-order valence-electron chi connectivity index (χ1n) is 7.21. The number of halogens is 2. The monoisotopic (exact) mass is 292 g/mol. The van der Waals surface area contributed by atoms with E-state index in [2.05, 4.69) is 11.4 Å². The van der Waals surface area contributed by atoms with Crippen LogP contribution in [0.4, 0.5) is 8.78 Å². The Bertz CT molecular complexity index is 558. The Morgan fingerprint density at radius 1 is 1.24 bits per heavy atom. The zero-order chi connectivity index (χ0) is 15.3. The Morgan fingerprint density at radius 3 is 2.48 bits per heavy atom. The summed E-state index contributed by atoms with van der Waals surface area (Å²) in [5, 5.41) is 12.1. The van der Waals surface area contributed by atoms with Gasteiger partial charge in [-0.2, -0.15) is 5.26 Å². The van der Waals surface area contributed by atoms with Gasteiger partial charge in [0.25, 0.3) is 0 Å². The molecule has 5 heteroatoms. The number of amides is 1. The number of carbonyl (C=O) groups is 1. The fourth-order valence-corrected chi connectivity index (χ4v) is 2.75. The highest BCUT2D eigenvalue weighted by Gasteiger charge is 2.32. The summed E-state index contributed by atoms with van der Waals surface area (Å²) in [5.41, 5.74) is -0.708. The topological polar surface area (TPSA) is 52.9 Å². The molecule has 0 heterocycles. The van der Waals surface area contributed by atoms with Crippen molar-refractivity contribution in [2.45, 2.75) is 50.5 Å². The summed E-state index contributed by atoms with van der Waals surface area (Å²) in [5.74, 6) is -1.81. The third kappa shape index (κ3) is 4.01. The molecule has 0 radical (unpaired) electrons. The summed E-state index contributed by atoms with van der Waals surface area (Å²) >= 11 is 0. The Kier molecular flexibility index (Phi) is 4.89. The van der Waals surface area contributed by atoms with Crippen LogP contribution in [-0.2, 0) is 11.2 Å². The summed E-state index contributed by atoms with van der Waals surface area (Å²) in [7, 11) is 0. The number of rotatable bonds is 3. The fraction of sp³-hybridized carbons (Fsp3) is 0.500. The molecule has 0 aliphatic heterocycles. The van der Waals surface area contributed by atoms with Gasteiger partial charge < -0.3 is 5.32 Å². The van der Waals surface area contributed by atoms with Crippen LogP contribution in [0.2, 0.25) is 0 Å². The standard InChI is InChI=1S/C16H18F2N2O/c17-13-6-5-12(14(18)10-13)9-15(21)20-16(11-19)7-3-1-2-4-8-16/h5-6,10H,1-4,7-9H2,(H,20,21). The minimum atomic E-state index is -0.843. The van der Waals surface area contributed by atoms with Crippen molar-refractivity contribution >= 4 is 5.91 Å². The largest absolute Gasteiger partial charge is 0.338 e. The second-order valence-electron chi connectivity index (χ2n) is 5.57. The van der Waals surface area contributed by atoms with Crippen LogP contribution in [-0.4, -0.2) is 11.4 Å². The molecule has 2 rings (SSSR count). The molecular weight excluding hydrogens is 274 g/mol.